The predicted octanol–water partition coefficient (Wildman–Crippen LogP) is 14.4. The molecule has 0 saturated carbocycles. The van der Waals surface area contributed by atoms with E-state index in [2.05, 4.69) is 204 Å². The van der Waals surface area contributed by atoms with Crippen LogP contribution in [-0.4, -0.2) is 14.1 Å². The first kappa shape index (κ1) is 33.9. The highest BCUT2D eigenvalue weighted by Crippen LogP contribution is 2.47. The molecule has 0 saturated heterocycles. The van der Waals surface area contributed by atoms with E-state index in [4.69, 9.17) is 4.98 Å². The third kappa shape index (κ3) is 5.38. The molecule has 8 aromatic carbocycles. The lowest BCUT2D eigenvalue weighted by Crippen LogP contribution is -2.10. The van der Waals surface area contributed by atoms with E-state index in [9.17, 15) is 0 Å². The molecule has 0 aliphatic heterocycles. The van der Waals surface area contributed by atoms with E-state index in [0.717, 1.165) is 58.5 Å². The first-order chi connectivity index (χ1) is 29.2. The number of fused-ring (bicyclic) bond motifs is 7. The van der Waals surface area contributed by atoms with E-state index in [0.29, 0.717) is 5.92 Å². The summed E-state index contributed by atoms with van der Waals surface area (Å²) in [4.78, 5) is 5.80. The third-order valence-electron chi connectivity index (χ3n) is 12.7. The Bertz CT molecular complexity index is 3360. The molecule has 59 heavy (non-hydrogen) atoms. The first-order valence-electron chi connectivity index (χ1n) is 20.9. The molecule has 10 aromatic rings. The van der Waals surface area contributed by atoms with Crippen LogP contribution >= 0.6 is 0 Å². The molecule has 1 unspecified atom stereocenters. The zero-order valence-electron chi connectivity index (χ0n) is 32.9. The van der Waals surface area contributed by atoms with Gasteiger partial charge >= 0.3 is 0 Å². The Morgan fingerprint density at radius 2 is 1.08 bits per heavy atom. The fraction of sp³-hybridized carbons (Fsp3) is 0.0893. The SMILES string of the molecule is CC1C=Cc2c3c(n(-c4ccc(-c5nc6c(-c7ccc8ccccc8c7)c7ccccc7c(-c7ccc8ccccc8c7)c6n5-c5ccccc5)cc4)c2C1)CCC=C3. The Kier molecular flexibility index (Phi) is 7.71. The van der Waals surface area contributed by atoms with Crippen LogP contribution in [0.1, 0.15) is 35.9 Å². The van der Waals surface area contributed by atoms with Crippen LogP contribution in [-0.2, 0) is 12.8 Å². The Hall–Kier alpha value is -7.23. The minimum atomic E-state index is 0.510. The van der Waals surface area contributed by atoms with E-state index >= 15 is 0 Å². The van der Waals surface area contributed by atoms with Crippen LogP contribution in [0.5, 0.6) is 0 Å². The first-order valence-corrected chi connectivity index (χ1v) is 20.9. The van der Waals surface area contributed by atoms with Crippen molar-refractivity contribution in [2.24, 2.45) is 5.92 Å². The number of nitrogens with zero attached hydrogens (tertiary/aromatic N) is 3. The van der Waals surface area contributed by atoms with Crippen LogP contribution in [0.3, 0.4) is 0 Å². The average molecular weight is 756 g/mol. The van der Waals surface area contributed by atoms with Gasteiger partial charge in [-0.3, -0.25) is 4.57 Å². The number of rotatable bonds is 5. The highest BCUT2D eigenvalue weighted by molar-refractivity contribution is 6.21. The number of benzene rings is 8. The van der Waals surface area contributed by atoms with Crippen LogP contribution in [0.25, 0.3) is 101 Å². The molecule has 0 N–H and O–H groups in total. The van der Waals surface area contributed by atoms with E-state index in [-0.39, 0.29) is 0 Å². The normalized spacial score (nSPS) is 14.7. The molecule has 2 aromatic heterocycles. The highest BCUT2D eigenvalue weighted by Gasteiger charge is 2.27. The summed E-state index contributed by atoms with van der Waals surface area (Å²) in [6.45, 7) is 2.32. The van der Waals surface area contributed by atoms with Crippen LogP contribution in [0.15, 0.2) is 176 Å². The fourth-order valence-electron chi connectivity index (χ4n) is 9.96. The van der Waals surface area contributed by atoms with E-state index in [1.807, 2.05) is 0 Å². The Morgan fingerprint density at radius 3 is 1.80 bits per heavy atom. The molecular weight excluding hydrogens is 715 g/mol. The lowest BCUT2D eigenvalue weighted by atomic mass is 9.89. The van der Waals surface area contributed by atoms with Crippen molar-refractivity contribution in [2.75, 3.05) is 0 Å². The van der Waals surface area contributed by atoms with Gasteiger partial charge in [0, 0.05) is 50.6 Å². The molecule has 0 spiro atoms. The zero-order valence-corrected chi connectivity index (χ0v) is 32.9. The molecule has 0 amide bonds. The number of imidazole rings is 1. The number of hydrogen-bond donors (Lipinski definition) is 0. The van der Waals surface area contributed by atoms with Crippen molar-refractivity contribution in [3.05, 3.63) is 198 Å². The summed E-state index contributed by atoms with van der Waals surface area (Å²) in [6.07, 6.45) is 12.6. The zero-order chi connectivity index (χ0) is 39.0. The van der Waals surface area contributed by atoms with Gasteiger partial charge in [0.1, 0.15) is 5.82 Å². The molecule has 3 heteroatoms. The Balaban J connectivity index is 1.16. The minimum absolute atomic E-state index is 0.510. The van der Waals surface area contributed by atoms with Gasteiger partial charge in [0.25, 0.3) is 0 Å². The molecule has 1 atom stereocenters. The second-order valence-corrected chi connectivity index (χ2v) is 16.3. The second-order valence-electron chi connectivity index (χ2n) is 16.3. The Morgan fingerprint density at radius 1 is 0.508 bits per heavy atom. The van der Waals surface area contributed by atoms with E-state index in [1.165, 1.54) is 71.6 Å². The van der Waals surface area contributed by atoms with Crippen LogP contribution in [0, 0.1) is 5.92 Å². The topological polar surface area (TPSA) is 22.8 Å². The van der Waals surface area contributed by atoms with Crippen molar-refractivity contribution in [1.29, 1.82) is 0 Å². The van der Waals surface area contributed by atoms with Gasteiger partial charge in [-0.05, 0) is 117 Å². The monoisotopic (exact) mass is 755 g/mol. The smallest absolute Gasteiger partial charge is 0.145 e. The quantitative estimate of drug-likeness (QED) is 0.172. The molecule has 12 rings (SSSR count). The van der Waals surface area contributed by atoms with Gasteiger partial charge in [0.15, 0.2) is 0 Å². The maximum atomic E-state index is 5.80. The summed E-state index contributed by atoms with van der Waals surface area (Å²) < 4.78 is 4.98. The third-order valence-corrected chi connectivity index (χ3v) is 12.7. The second kappa shape index (κ2) is 13.4. The van der Waals surface area contributed by atoms with Gasteiger partial charge in [0.05, 0.1) is 11.0 Å². The summed E-state index contributed by atoms with van der Waals surface area (Å²) in [6, 6.07) is 60.0. The van der Waals surface area contributed by atoms with Crippen LogP contribution in [0.4, 0.5) is 0 Å². The van der Waals surface area contributed by atoms with Crippen molar-refractivity contribution < 1.29 is 0 Å². The van der Waals surface area contributed by atoms with E-state index in [1.54, 1.807) is 0 Å². The molecule has 3 nitrogen and oxygen atoms in total. The highest BCUT2D eigenvalue weighted by atomic mass is 15.1. The van der Waals surface area contributed by atoms with Crippen molar-refractivity contribution in [3.63, 3.8) is 0 Å². The molecule has 2 aliphatic rings. The summed E-state index contributed by atoms with van der Waals surface area (Å²) >= 11 is 0. The number of para-hydroxylation sites is 1. The molecule has 0 fully saturated rings. The van der Waals surface area contributed by atoms with Gasteiger partial charge in [-0.25, -0.2) is 4.98 Å². The van der Waals surface area contributed by atoms with Crippen molar-refractivity contribution >= 4 is 55.5 Å². The average Bonchev–Trinajstić information content (AvgIpc) is 3.84. The number of aromatic nitrogens is 3. The molecule has 2 heterocycles. The Labute approximate surface area is 343 Å². The van der Waals surface area contributed by atoms with Gasteiger partial charge < -0.3 is 4.57 Å². The predicted molar refractivity (Wildman–Crippen MR) is 248 cm³/mol. The number of allylic oxidation sites excluding steroid dienone is 2. The van der Waals surface area contributed by atoms with Crippen LogP contribution in [0.2, 0.25) is 0 Å². The maximum Gasteiger partial charge on any atom is 0.145 e. The van der Waals surface area contributed by atoms with Gasteiger partial charge in [-0.1, -0.05) is 146 Å². The van der Waals surface area contributed by atoms with Gasteiger partial charge in [-0.15, -0.1) is 0 Å². The van der Waals surface area contributed by atoms with Crippen molar-refractivity contribution in [1.82, 2.24) is 14.1 Å². The van der Waals surface area contributed by atoms with Crippen LogP contribution < -0.4 is 0 Å². The minimum Gasteiger partial charge on any atom is -0.317 e. The summed E-state index contributed by atoms with van der Waals surface area (Å²) in [5.74, 6) is 1.43. The molecule has 2 aliphatic carbocycles. The summed E-state index contributed by atoms with van der Waals surface area (Å²) in [5.41, 5.74) is 15.8. The summed E-state index contributed by atoms with van der Waals surface area (Å²) in [5, 5.41) is 7.29. The fourth-order valence-corrected chi connectivity index (χ4v) is 9.96. The van der Waals surface area contributed by atoms with E-state index < -0.39 is 0 Å². The summed E-state index contributed by atoms with van der Waals surface area (Å²) in [7, 11) is 0. The molecule has 280 valence electrons. The standard InChI is InChI=1S/C56H41N3/c1-36-23-32-47-46-19-11-12-22-50(46)58(51(47)33-36)45-30-28-39(29-31-45)56-57-54-52(42-26-24-37-13-5-7-15-40(37)34-42)48-20-9-10-21-49(48)53(55(54)59(56)44-17-3-2-4-18-44)43-27-25-38-14-6-8-16-41(38)35-43/h2-11,13-21,23-32,34-36H,12,22,33H2,1H3. The number of hydrogen-bond acceptors (Lipinski definition) is 1. The molecule has 0 radical (unpaired) electrons. The molecular formula is C56H41N3. The molecule has 0 bridgehead atoms. The van der Waals surface area contributed by atoms with Crippen molar-refractivity contribution in [2.45, 2.75) is 26.2 Å². The van der Waals surface area contributed by atoms with Gasteiger partial charge in [-0.2, -0.15) is 0 Å². The lowest BCUT2D eigenvalue weighted by Gasteiger charge is -2.19. The van der Waals surface area contributed by atoms with Crippen molar-refractivity contribution in [3.8, 4) is 45.0 Å². The lowest BCUT2D eigenvalue weighted by molar-refractivity contribution is 0.680. The maximum absolute atomic E-state index is 5.80. The largest absolute Gasteiger partial charge is 0.317 e. The van der Waals surface area contributed by atoms with Gasteiger partial charge in [0.2, 0.25) is 0 Å².